The maximum atomic E-state index is 12.9. The minimum Gasteiger partial charge on any atom is -0.465 e. The van der Waals surface area contributed by atoms with Crippen LogP contribution in [-0.4, -0.2) is 25.2 Å². The molecule has 0 amide bonds. The second-order valence-corrected chi connectivity index (χ2v) is 16.4. The van der Waals surface area contributed by atoms with Gasteiger partial charge in [0.05, 0.1) is 25.0 Å². The largest absolute Gasteiger partial charge is 0.465 e. The number of unbranched alkanes of at least 4 members (excludes halogenated alkanes) is 24. The fourth-order valence-corrected chi connectivity index (χ4v) is 7.45. The maximum Gasteiger partial charge on any atom is 0.309 e. The van der Waals surface area contributed by atoms with E-state index in [1.807, 2.05) is 0 Å². The summed E-state index contributed by atoms with van der Waals surface area (Å²) in [6.45, 7) is 10.3. The Morgan fingerprint density at radius 1 is 0.396 bits per heavy atom. The van der Waals surface area contributed by atoms with Crippen molar-refractivity contribution in [1.29, 1.82) is 0 Å². The molecule has 1 saturated carbocycles. The van der Waals surface area contributed by atoms with Crippen LogP contribution >= 0.6 is 0 Å². The Bertz CT molecular complexity index is 657. The van der Waals surface area contributed by atoms with Gasteiger partial charge in [-0.25, -0.2) is 0 Å². The highest BCUT2D eigenvalue weighted by molar-refractivity contribution is 5.82. The first-order valence-corrected chi connectivity index (χ1v) is 21.7. The lowest BCUT2D eigenvalue weighted by molar-refractivity contribution is -0.163. The summed E-state index contributed by atoms with van der Waals surface area (Å²) in [5.74, 6) is 0.757. The van der Waals surface area contributed by atoms with Crippen LogP contribution in [-0.2, 0) is 19.1 Å². The quantitative estimate of drug-likeness (QED) is 0.0503. The van der Waals surface area contributed by atoms with E-state index >= 15 is 0 Å². The van der Waals surface area contributed by atoms with Crippen LogP contribution in [0.25, 0.3) is 0 Å². The third kappa shape index (κ3) is 27.7. The van der Waals surface area contributed by atoms with Crippen LogP contribution in [0.1, 0.15) is 233 Å². The van der Waals surface area contributed by atoms with Crippen LogP contribution in [0.4, 0.5) is 0 Å². The summed E-state index contributed by atoms with van der Waals surface area (Å²) in [5.41, 5.74) is 0. The zero-order chi connectivity index (χ0) is 34.9. The first-order chi connectivity index (χ1) is 23.4. The Morgan fingerprint density at radius 2 is 0.625 bits per heavy atom. The van der Waals surface area contributed by atoms with E-state index in [4.69, 9.17) is 9.47 Å². The molecule has 1 aliphatic rings. The van der Waals surface area contributed by atoms with Crippen molar-refractivity contribution in [3.63, 3.8) is 0 Å². The summed E-state index contributed by atoms with van der Waals surface area (Å²) in [6, 6.07) is 0. The Kier molecular flexibility index (Phi) is 31.0. The molecular weight excluding hydrogens is 592 g/mol. The van der Waals surface area contributed by atoms with Gasteiger partial charge in [0.25, 0.3) is 0 Å². The molecule has 284 valence electrons. The van der Waals surface area contributed by atoms with Crippen molar-refractivity contribution in [1.82, 2.24) is 0 Å². The minimum absolute atomic E-state index is 0.168. The second kappa shape index (κ2) is 33.1. The van der Waals surface area contributed by atoms with Crippen molar-refractivity contribution < 1.29 is 19.1 Å². The molecule has 0 bridgehead atoms. The van der Waals surface area contributed by atoms with Crippen LogP contribution in [0.2, 0.25) is 0 Å². The molecule has 1 fully saturated rings. The Morgan fingerprint density at radius 3 is 0.875 bits per heavy atom. The average Bonchev–Trinajstić information content (AvgIpc) is 3.07. The highest BCUT2D eigenvalue weighted by atomic mass is 16.5. The number of hydrogen-bond acceptors (Lipinski definition) is 4. The second-order valence-electron chi connectivity index (χ2n) is 16.4. The molecule has 48 heavy (non-hydrogen) atoms. The molecule has 0 spiro atoms. The SMILES string of the molecule is CC(C)CCCCCCCCCCCCCCCOC(=O)C1CCCCC1C(=O)OCCCCCCCCCCCCCCCC(C)C. The van der Waals surface area contributed by atoms with E-state index in [-0.39, 0.29) is 23.8 Å². The molecule has 0 aliphatic heterocycles. The zero-order valence-electron chi connectivity index (χ0n) is 33.0. The molecule has 0 aromatic rings. The molecule has 0 saturated heterocycles. The normalized spacial score (nSPS) is 16.5. The van der Waals surface area contributed by atoms with Gasteiger partial charge in [-0.1, -0.05) is 207 Å². The van der Waals surface area contributed by atoms with E-state index in [2.05, 4.69) is 27.7 Å². The van der Waals surface area contributed by atoms with Crippen molar-refractivity contribution in [2.45, 2.75) is 233 Å². The lowest BCUT2D eigenvalue weighted by Crippen LogP contribution is -2.35. The summed E-state index contributed by atoms with van der Waals surface area (Å²) in [4.78, 5) is 25.8. The van der Waals surface area contributed by atoms with Crippen LogP contribution in [0.15, 0.2) is 0 Å². The standard InChI is InChI=1S/C44H84O4/c1-39(2)33-27-23-19-15-11-7-5-9-13-17-21-25-31-37-47-43(45)41-35-29-30-36-42(41)44(46)48-38-32-26-22-18-14-10-6-8-12-16-20-24-28-34-40(3)4/h39-42H,5-38H2,1-4H3. The number of carbonyl (C=O) groups excluding carboxylic acids is 2. The molecule has 2 unspecified atom stereocenters. The number of esters is 2. The Balaban J connectivity index is 1.95. The fourth-order valence-electron chi connectivity index (χ4n) is 7.45. The summed E-state index contributed by atoms with van der Waals surface area (Å²) in [6.07, 6.45) is 40.5. The van der Waals surface area contributed by atoms with Crippen molar-refractivity contribution in [2.24, 2.45) is 23.7 Å². The van der Waals surface area contributed by atoms with Crippen molar-refractivity contribution in [3.8, 4) is 0 Å². The minimum atomic E-state index is -0.309. The zero-order valence-corrected chi connectivity index (χ0v) is 33.0. The van der Waals surface area contributed by atoms with Gasteiger partial charge < -0.3 is 9.47 Å². The van der Waals surface area contributed by atoms with Gasteiger partial charge in [-0.05, 0) is 37.5 Å². The van der Waals surface area contributed by atoms with Crippen LogP contribution in [0, 0.1) is 23.7 Å². The van der Waals surface area contributed by atoms with Crippen molar-refractivity contribution in [3.05, 3.63) is 0 Å². The third-order valence-electron chi connectivity index (χ3n) is 10.7. The van der Waals surface area contributed by atoms with Crippen molar-refractivity contribution in [2.75, 3.05) is 13.2 Å². The van der Waals surface area contributed by atoms with Crippen LogP contribution < -0.4 is 0 Å². The van der Waals surface area contributed by atoms with E-state index in [9.17, 15) is 9.59 Å². The lowest BCUT2D eigenvalue weighted by Gasteiger charge is -2.28. The molecule has 0 aromatic heterocycles. The third-order valence-corrected chi connectivity index (χ3v) is 10.7. The first kappa shape index (κ1) is 45.0. The predicted molar refractivity (Wildman–Crippen MR) is 206 cm³/mol. The van der Waals surface area contributed by atoms with Gasteiger partial charge in [-0.2, -0.15) is 0 Å². The molecule has 0 radical (unpaired) electrons. The van der Waals surface area contributed by atoms with Gasteiger partial charge >= 0.3 is 11.9 Å². The first-order valence-electron chi connectivity index (χ1n) is 21.7. The van der Waals surface area contributed by atoms with Gasteiger partial charge in [0.1, 0.15) is 0 Å². The highest BCUT2D eigenvalue weighted by Gasteiger charge is 2.37. The molecule has 0 N–H and O–H groups in total. The molecule has 4 heteroatoms. The molecule has 4 nitrogen and oxygen atoms in total. The van der Waals surface area contributed by atoms with E-state index in [0.29, 0.717) is 13.2 Å². The Hall–Kier alpha value is -1.06. The fraction of sp³-hybridized carbons (Fsp3) is 0.955. The van der Waals surface area contributed by atoms with Gasteiger partial charge in [-0.3, -0.25) is 9.59 Å². The van der Waals surface area contributed by atoms with Gasteiger partial charge in [0, 0.05) is 0 Å². The van der Waals surface area contributed by atoms with E-state index < -0.39 is 0 Å². The summed E-state index contributed by atoms with van der Waals surface area (Å²) in [5, 5.41) is 0. The summed E-state index contributed by atoms with van der Waals surface area (Å²) in [7, 11) is 0. The molecular formula is C44H84O4. The summed E-state index contributed by atoms with van der Waals surface area (Å²) >= 11 is 0. The number of carbonyl (C=O) groups is 2. The topological polar surface area (TPSA) is 52.6 Å². The monoisotopic (exact) mass is 677 g/mol. The van der Waals surface area contributed by atoms with E-state index in [0.717, 1.165) is 63.2 Å². The number of hydrogen-bond donors (Lipinski definition) is 0. The Labute approximate surface area is 300 Å². The van der Waals surface area contributed by atoms with Gasteiger partial charge in [0.2, 0.25) is 0 Å². The van der Waals surface area contributed by atoms with E-state index in [1.54, 1.807) is 0 Å². The maximum absolute atomic E-state index is 12.9. The van der Waals surface area contributed by atoms with Crippen molar-refractivity contribution >= 4 is 11.9 Å². The summed E-state index contributed by atoms with van der Waals surface area (Å²) < 4.78 is 11.3. The lowest BCUT2D eigenvalue weighted by atomic mass is 9.79. The molecule has 1 rings (SSSR count). The molecule has 0 aromatic carbocycles. The predicted octanol–water partition coefficient (Wildman–Crippen LogP) is 14.1. The molecule has 0 heterocycles. The van der Waals surface area contributed by atoms with Gasteiger partial charge in [-0.15, -0.1) is 0 Å². The van der Waals surface area contributed by atoms with E-state index in [1.165, 1.54) is 154 Å². The average molecular weight is 677 g/mol. The van der Waals surface area contributed by atoms with Gasteiger partial charge in [0.15, 0.2) is 0 Å². The highest BCUT2D eigenvalue weighted by Crippen LogP contribution is 2.32. The molecule has 1 aliphatic carbocycles. The van der Waals surface area contributed by atoms with Crippen LogP contribution in [0.3, 0.4) is 0 Å². The smallest absolute Gasteiger partial charge is 0.309 e. The van der Waals surface area contributed by atoms with Crippen LogP contribution in [0.5, 0.6) is 0 Å². The number of rotatable bonds is 34. The number of ether oxygens (including phenoxy) is 2. The molecule has 2 atom stereocenters.